The van der Waals surface area contributed by atoms with E-state index in [1.54, 1.807) is 31.2 Å². The van der Waals surface area contributed by atoms with E-state index in [1.807, 2.05) is 0 Å². The van der Waals surface area contributed by atoms with Crippen molar-refractivity contribution in [3.63, 3.8) is 0 Å². The number of amides is 1. The van der Waals surface area contributed by atoms with Crippen LogP contribution in [0.1, 0.15) is 34.8 Å². The van der Waals surface area contributed by atoms with E-state index < -0.39 is 12.1 Å². The monoisotopic (exact) mass is 351 g/mol. The van der Waals surface area contributed by atoms with Crippen molar-refractivity contribution in [1.82, 2.24) is 25.7 Å². The molecule has 2 N–H and O–H groups in total. The second kappa shape index (κ2) is 6.38. The standard InChI is InChI=1S/C15H12F3N5O2/c1-8(21-13(24)11-6-19-20-7-11)9-2-4-10(5-3-9)12-22-14(25-23-12)15(16,17)18/h2-8H,1H3,(H,19,20)(H,21,24). The summed E-state index contributed by atoms with van der Waals surface area (Å²) in [5.41, 5.74) is 1.53. The molecular formula is C15H12F3N5O2. The van der Waals surface area contributed by atoms with Crippen molar-refractivity contribution in [1.29, 1.82) is 0 Å². The zero-order valence-corrected chi connectivity index (χ0v) is 12.8. The van der Waals surface area contributed by atoms with Crippen LogP contribution in [0.4, 0.5) is 13.2 Å². The van der Waals surface area contributed by atoms with Gasteiger partial charge in [-0.15, -0.1) is 0 Å². The summed E-state index contributed by atoms with van der Waals surface area (Å²) in [7, 11) is 0. The molecule has 10 heteroatoms. The van der Waals surface area contributed by atoms with E-state index >= 15 is 0 Å². The van der Waals surface area contributed by atoms with Crippen LogP contribution < -0.4 is 5.32 Å². The van der Waals surface area contributed by atoms with E-state index in [0.717, 1.165) is 5.56 Å². The first-order valence-corrected chi connectivity index (χ1v) is 7.15. The van der Waals surface area contributed by atoms with E-state index in [0.29, 0.717) is 11.1 Å². The Morgan fingerprint density at radius 3 is 2.56 bits per heavy atom. The normalized spacial score (nSPS) is 12.8. The van der Waals surface area contributed by atoms with Gasteiger partial charge in [0.1, 0.15) is 0 Å². The van der Waals surface area contributed by atoms with Crippen LogP contribution in [0.2, 0.25) is 0 Å². The Balaban J connectivity index is 1.71. The lowest BCUT2D eigenvalue weighted by molar-refractivity contribution is -0.159. The second-order valence-electron chi connectivity index (χ2n) is 5.23. The molecule has 130 valence electrons. The van der Waals surface area contributed by atoms with Crippen molar-refractivity contribution < 1.29 is 22.5 Å². The average Bonchev–Trinajstić information content (AvgIpc) is 3.26. The van der Waals surface area contributed by atoms with Crippen LogP contribution in [0.5, 0.6) is 0 Å². The van der Waals surface area contributed by atoms with E-state index in [-0.39, 0.29) is 17.8 Å². The van der Waals surface area contributed by atoms with Gasteiger partial charge in [0.15, 0.2) is 0 Å². The Bertz CT molecular complexity index is 856. The van der Waals surface area contributed by atoms with Gasteiger partial charge < -0.3 is 9.84 Å². The highest BCUT2D eigenvalue weighted by molar-refractivity contribution is 5.93. The molecule has 0 saturated heterocycles. The van der Waals surface area contributed by atoms with Gasteiger partial charge in [0, 0.05) is 11.8 Å². The van der Waals surface area contributed by atoms with Crippen molar-refractivity contribution in [2.45, 2.75) is 19.1 Å². The molecule has 2 aromatic heterocycles. The third kappa shape index (κ3) is 3.67. The number of carbonyl (C=O) groups is 1. The van der Waals surface area contributed by atoms with E-state index in [4.69, 9.17) is 0 Å². The Morgan fingerprint density at radius 2 is 2.00 bits per heavy atom. The van der Waals surface area contributed by atoms with Gasteiger partial charge in [-0.05, 0) is 12.5 Å². The maximum Gasteiger partial charge on any atom is 0.471 e. The summed E-state index contributed by atoms with van der Waals surface area (Å²) < 4.78 is 41.6. The number of alkyl halides is 3. The number of rotatable bonds is 4. The van der Waals surface area contributed by atoms with Crippen LogP contribution >= 0.6 is 0 Å². The van der Waals surface area contributed by atoms with Gasteiger partial charge in [0.25, 0.3) is 5.91 Å². The molecule has 7 nitrogen and oxygen atoms in total. The molecule has 1 amide bonds. The molecule has 25 heavy (non-hydrogen) atoms. The minimum absolute atomic E-state index is 0.158. The van der Waals surface area contributed by atoms with Crippen LogP contribution in [0.15, 0.2) is 41.2 Å². The summed E-state index contributed by atoms with van der Waals surface area (Å²) in [6.07, 6.45) is -1.81. The van der Waals surface area contributed by atoms with Gasteiger partial charge in [-0.25, -0.2) is 0 Å². The molecule has 1 unspecified atom stereocenters. The van der Waals surface area contributed by atoms with Crippen LogP contribution in [-0.2, 0) is 6.18 Å². The minimum atomic E-state index is -4.68. The molecule has 0 fully saturated rings. The van der Waals surface area contributed by atoms with Crippen LogP contribution in [0, 0.1) is 0 Å². The molecule has 2 heterocycles. The van der Waals surface area contributed by atoms with E-state index in [2.05, 4.69) is 30.2 Å². The predicted octanol–water partition coefficient (Wildman–Crippen LogP) is 2.97. The SMILES string of the molecule is CC(NC(=O)c1cn[nH]c1)c1ccc(-c2noc(C(F)(F)F)n2)cc1. The Labute approximate surface area is 139 Å². The number of aromatic nitrogens is 4. The number of benzene rings is 1. The highest BCUT2D eigenvalue weighted by Crippen LogP contribution is 2.29. The molecule has 0 aliphatic carbocycles. The zero-order chi connectivity index (χ0) is 18.0. The van der Waals surface area contributed by atoms with Gasteiger partial charge in [0.05, 0.1) is 17.8 Å². The molecular weight excluding hydrogens is 339 g/mol. The topological polar surface area (TPSA) is 96.7 Å². The number of carbonyl (C=O) groups excluding carboxylic acids is 1. The fourth-order valence-corrected chi connectivity index (χ4v) is 2.12. The molecule has 1 aromatic carbocycles. The minimum Gasteiger partial charge on any atom is -0.345 e. The molecule has 0 radical (unpaired) electrons. The summed E-state index contributed by atoms with van der Waals surface area (Å²) in [4.78, 5) is 15.3. The second-order valence-corrected chi connectivity index (χ2v) is 5.23. The number of aromatic amines is 1. The van der Waals surface area contributed by atoms with Gasteiger partial charge in [0.2, 0.25) is 5.82 Å². The summed E-state index contributed by atoms with van der Waals surface area (Å²) in [5.74, 6) is -1.85. The van der Waals surface area contributed by atoms with Crippen molar-refractivity contribution >= 4 is 5.91 Å². The lowest BCUT2D eigenvalue weighted by Crippen LogP contribution is -2.26. The predicted molar refractivity (Wildman–Crippen MR) is 79.2 cm³/mol. The third-order valence-electron chi connectivity index (χ3n) is 3.45. The smallest absolute Gasteiger partial charge is 0.345 e. The maximum atomic E-state index is 12.5. The fourth-order valence-electron chi connectivity index (χ4n) is 2.12. The molecule has 0 aliphatic heterocycles. The van der Waals surface area contributed by atoms with Crippen LogP contribution in [-0.4, -0.2) is 26.2 Å². The van der Waals surface area contributed by atoms with Crippen LogP contribution in [0.25, 0.3) is 11.4 Å². The van der Waals surface area contributed by atoms with Crippen LogP contribution in [0.3, 0.4) is 0 Å². The molecule has 3 aromatic rings. The third-order valence-corrected chi connectivity index (χ3v) is 3.45. The lowest BCUT2D eigenvalue weighted by atomic mass is 10.1. The summed E-state index contributed by atoms with van der Waals surface area (Å²) in [6.45, 7) is 1.78. The number of H-pyrrole nitrogens is 1. The first kappa shape index (κ1) is 16.7. The quantitative estimate of drug-likeness (QED) is 0.753. The van der Waals surface area contributed by atoms with Gasteiger partial charge in [-0.1, -0.05) is 29.4 Å². The molecule has 0 spiro atoms. The Kier molecular flexibility index (Phi) is 4.26. The molecule has 1 atom stereocenters. The zero-order valence-electron chi connectivity index (χ0n) is 12.8. The molecule has 0 aliphatic rings. The number of hydrogen-bond donors (Lipinski definition) is 2. The number of halogens is 3. The number of nitrogens with zero attached hydrogens (tertiary/aromatic N) is 3. The highest BCUT2D eigenvalue weighted by atomic mass is 19.4. The maximum absolute atomic E-state index is 12.5. The Morgan fingerprint density at radius 1 is 1.28 bits per heavy atom. The molecule has 0 bridgehead atoms. The molecule has 0 saturated carbocycles. The van der Waals surface area contributed by atoms with Crippen molar-refractivity contribution in [3.05, 3.63) is 53.7 Å². The van der Waals surface area contributed by atoms with Gasteiger partial charge in [-0.2, -0.15) is 23.3 Å². The van der Waals surface area contributed by atoms with Crippen molar-refractivity contribution in [3.8, 4) is 11.4 Å². The summed E-state index contributed by atoms with van der Waals surface area (Å²) in [6, 6.07) is 6.13. The fraction of sp³-hybridized carbons (Fsp3) is 0.200. The summed E-state index contributed by atoms with van der Waals surface area (Å²) >= 11 is 0. The van der Waals surface area contributed by atoms with Crippen molar-refractivity contribution in [2.75, 3.05) is 0 Å². The average molecular weight is 351 g/mol. The van der Waals surface area contributed by atoms with Gasteiger partial charge >= 0.3 is 12.1 Å². The largest absolute Gasteiger partial charge is 0.471 e. The Hall–Kier alpha value is -3.17. The van der Waals surface area contributed by atoms with Crippen molar-refractivity contribution in [2.24, 2.45) is 0 Å². The lowest BCUT2D eigenvalue weighted by Gasteiger charge is -2.13. The van der Waals surface area contributed by atoms with E-state index in [1.165, 1.54) is 12.4 Å². The summed E-state index contributed by atoms with van der Waals surface area (Å²) in [5, 5.41) is 12.4. The first-order valence-electron chi connectivity index (χ1n) is 7.15. The number of nitrogens with one attached hydrogen (secondary N) is 2. The number of hydrogen-bond acceptors (Lipinski definition) is 5. The van der Waals surface area contributed by atoms with E-state index in [9.17, 15) is 18.0 Å². The molecule has 3 rings (SSSR count). The first-order chi connectivity index (χ1) is 11.8. The van der Waals surface area contributed by atoms with Gasteiger partial charge in [-0.3, -0.25) is 9.89 Å². The highest BCUT2D eigenvalue weighted by Gasteiger charge is 2.38.